The number of pyridine rings is 1. The number of benzene rings is 1. The Hall–Kier alpha value is -1.02. The number of rotatable bonds is 2. The summed E-state index contributed by atoms with van der Waals surface area (Å²) in [6.45, 7) is 2.47. The lowest BCUT2D eigenvalue weighted by molar-refractivity contribution is 0.442. The minimum Gasteiger partial charge on any atom is -0.357 e. The van der Waals surface area contributed by atoms with Crippen molar-refractivity contribution in [3.63, 3.8) is 0 Å². The molecule has 1 fully saturated rings. The summed E-state index contributed by atoms with van der Waals surface area (Å²) < 4.78 is 27.0. The second-order valence-corrected chi connectivity index (χ2v) is 8.65. The Morgan fingerprint density at radius 3 is 2.64 bits per heavy atom. The fourth-order valence-corrected chi connectivity index (χ4v) is 5.60. The summed E-state index contributed by atoms with van der Waals surface area (Å²) in [7, 11) is -3.79. The van der Waals surface area contributed by atoms with Crippen LogP contribution >= 0.6 is 23.4 Å². The number of aryl methyl sites for hydroxylation is 1. The summed E-state index contributed by atoms with van der Waals surface area (Å²) in [6, 6.07) is 4.84. The average molecular weight is 359 g/mol. The van der Waals surface area contributed by atoms with E-state index < -0.39 is 15.5 Å². The maximum atomic E-state index is 12.8. The number of hydrogen-bond acceptors (Lipinski definition) is 4. The van der Waals surface area contributed by atoms with E-state index >= 15 is 0 Å². The van der Waals surface area contributed by atoms with Gasteiger partial charge < -0.3 is 4.98 Å². The van der Waals surface area contributed by atoms with Crippen molar-refractivity contribution in [2.24, 2.45) is 0 Å². The molecule has 118 valence electrons. The number of aromatic amines is 1. The molecule has 8 heteroatoms. The van der Waals surface area contributed by atoms with Crippen molar-refractivity contribution in [3.05, 3.63) is 39.1 Å². The Morgan fingerprint density at radius 2 is 1.95 bits per heavy atom. The van der Waals surface area contributed by atoms with Crippen LogP contribution in [0.25, 0.3) is 10.9 Å². The summed E-state index contributed by atoms with van der Waals surface area (Å²) in [4.78, 5) is 15.5. The van der Waals surface area contributed by atoms with Crippen molar-refractivity contribution in [2.45, 2.75) is 11.8 Å². The Labute approximate surface area is 137 Å². The van der Waals surface area contributed by atoms with Crippen molar-refractivity contribution in [2.75, 3.05) is 24.6 Å². The zero-order chi connectivity index (χ0) is 15.9. The van der Waals surface area contributed by atoms with E-state index in [2.05, 4.69) is 4.98 Å². The smallest absolute Gasteiger partial charge is 0.248 e. The second-order valence-electron chi connectivity index (χ2n) is 5.11. The Kier molecular flexibility index (Phi) is 4.24. The summed E-state index contributed by atoms with van der Waals surface area (Å²) in [5.74, 6) is 1.49. The molecular weight excluding hydrogens is 344 g/mol. The van der Waals surface area contributed by atoms with Gasteiger partial charge in [0.2, 0.25) is 15.5 Å². The molecule has 22 heavy (non-hydrogen) atoms. The van der Waals surface area contributed by atoms with E-state index in [1.807, 2.05) is 0 Å². The molecule has 2 heterocycles. The van der Waals surface area contributed by atoms with Crippen LogP contribution in [0.15, 0.2) is 27.9 Å². The highest BCUT2D eigenvalue weighted by atomic mass is 35.5. The van der Waals surface area contributed by atoms with Crippen molar-refractivity contribution in [1.82, 2.24) is 9.29 Å². The van der Waals surface area contributed by atoms with E-state index in [-0.39, 0.29) is 4.90 Å². The minimum atomic E-state index is -3.79. The normalized spacial score (nSPS) is 17.0. The van der Waals surface area contributed by atoms with Gasteiger partial charge in [-0.05, 0) is 25.1 Å². The van der Waals surface area contributed by atoms with E-state index in [0.29, 0.717) is 34.7 Å². The molecule has 0 aliphatic carbocycles. The highest BCUT2D eigenvalue weighted by Crippen LogP contribution is 2.23. The molecule has 0 spiro atoms. The van der Waals surface area contributed by atoms with Gasteiger partial charge in [-0.25, -0.2) is 8.42 Å². The standard InChI is InChI=1S/C14H15ClN2O3S2/c1-9-14(22(19,20)17-4-6-21-7-5-17)13(18)11-8-10(15)2-3-12(11)16-9/h2-3,8H,4-7H2,1H3,(H,16,18). The molecule has 0 saturated carbocycles. The Bertz CT molecular complexity index is 887. The first-order chi connectivity index (χ1) is 10.4. The molecule has 3 rings (SSSR count). The van der Waals surface area contributed by atoms with Crippen LogP contribution in [-0.4, -0.2) is 42.3 Å². The van der Waals surface area contributed by atoms with Gasteiger partial charge in [0.25, 0.3) is 0 Å². The molecule has 0 radical (unpaired) electrons. The summed E-state index contributed by atoms with van der Waals surface area (Å²) >= 11 is 7.64. The van der Waals surface area contributed by atoms with Crippen LogP contribution in [-0.2, 0) is 10.0 Å². The summed E-state index contributed by atoms with van der Waals surface area (Å²) in [6.07, 6.45) is 0. The largest absolute Gasteiger partial charge is 0.357 e. The third-order valence-electron chi connectivity index (χ3n) is 3.66. The molecule has 1 aromatic heterocycles. The monoisotopic (exact) mass is 358 g/mol. The van der Waals surface area contributed by atoms with Gasteiger partial charge in [-0.3, -0.25) is 4.79 Å². The maximum absolute atomic E-state index is 12.8. The van der Waals surface area contributed by atoms with Crippen molar-refractivity contribution >= 4 is 44.3 Å². The van der Waals surface area contributed by atoms with E-state index in [0.717, 1.165) is 11.5 Å². The molecule has 0 unspecified atom stereocenters. The van der Waals surface area contributed by atoms with Crippen molar-refractivity contribution in [1.29, 1.82) is 0 Å². The molecule has 0 bridgehead atoms. The number of aromatic nitrogens is 1. The van der Waals surface area contributed by atoms with Crippen molar-refractivity contribution < 1.29 is 8.42 Å². The van der Waals surface area contributed by atoms with Crippen LogP contribution in [0.1, 0.15) is 5.69 Å². The van der Waals surface area contributed by atoms with E-state index in [9.17, 15) is 13.2 Å². The molecule has 1 aromatic carbocycles. The predicted octanol–water partition coefficient (Wildman–Crippen LogP) is 2.23. The zero-order valence-electron chi connectivity index (χ0n) is 11.9. The number of H-pyrrole nitrogens is 1. The fraction of sp³-hybridized carbons (Fsp3) is 0.357. The number of nitrogens with one attached hydrogen (secondary N) is 1. The maximum Gasteiger partial charge on any atom is 0.248 e. The van der Waals surface area contributed by atoms with E-state index in [1.165, 1.54) is 10.4 Å². The average Bonchev–Trinajstić information content (AvgIpc) is 2.49. The van der Waals surface area contributed by atoms with Crippen LogP contribution in [0.5, 0.6) is 0 Å². The van der Waals surface area contributed by atoms with Gasteiger partial charge in [-0.1, -0.05) is 11.6 Å². The second kappa shape index (κ2) is 5.88. The number of thioether (sulfide) groups is 1. The third-order valence-corrected chi connectivity index (χ3v) is 6.89. The Balaban J connectivity index is 2.24. The van der Waals surface area contributed by atoms with Gasteiger partial charge in [-0.2, -0.15) is 16.1 Å². The molecule has 0 atom stereocenters. The van der Waals surface area contributed by atoms with Gasteiger partial charge in [0.1, 0.15) is 4.90 Å². The van der Waals surface area contributed by atoms with Gasteiger partial charge in [0, 0.05) is 46.2 Å². The van der Waals surface area contributed by atoms with Gasteiger partial charge in [0.05, 0.1) is 0 Å². The number of hydrogen-bond donors (Lipinski definition) is 1. The van der Waals surface area contributed by atoms with Gasteiger partial charge >= 0.3 is 0 Å². The lowest BCUT2D eigenvalue weighted by Crippen LogP contribution is -2.40. The van der Waals surface area contributed by atoms with Crippen LogP contribution in [0.2, 0.25) is 5.02 Å². The van der Waals surface area contributed by atoms with Crippen LogP contribution in [0.3, 0.4) is 0 Å². The minimum absolute atomic E-state index is 0.172. The first-order valence-electron chi connectivity index (χ1n) is 6.81. The fourth-order valence-electron chi connectivity index (χ4n) is 2.59. The zero-order valence-corrected chi connectivity index (χ0v) is 14.3. The molecule has 1 aliphatic rings. The molecule has 1 N–H and O–H groups in total. The molecule has 0 amide bonds. The molecule has 1 saturated heterocycles. The van der Waals surface area contributed by atoms with Crippen molar-refractivity contribution in [3.8, 4) is 0 Å². The highest BCUT2D eigenvalue weighted by molar-refractivity contribution is 7.99. The molecular formula is C14H15ClN2O3S2. The summed E-state index contributed by atoms with van der Waals surface area (Å²) in [5.41, 5.74) is 0.449. The first-order valence-corrected chi connectivity index (χ1v) is 9.78. The lowest BCUT2D eigenvalue weighted by atomic mass is 10.2. The quantitative estimate of drug-likeness (QED) is 0.893. The SMILES string of the molecule is Cc1[nH]c2ccc(Cl)cc2c(=O)c1S(=O)(=O)N1CCSCC1. The lowest BCUT2D eigenvalue weighted by Gasteiger charge is -2.26. The number of fused-ring (bicyclic) bond motifs is 1. The van der Waals surface area contributed by atoms with Crippen LogP contribution < -0.4 is 5.43 Å². The van der Waals surface area contributed by atoms with E-state index in [1.54, 1.807) is 30.8 Å². The van der Waals surface area contributed by atoms with Gasteiger partial charge in [0.15, 0.2) is 0 Å². The molecule has 1 aliphatic heterocycles. The van der Waals surface area contributed by atoms with E-state index in [4.69, 9.17) is 11.6 Å². The highest BCUT2D eigenvalue weighted by Gasteiger charge is 2.31. The number of sulfonamides is 1. The molecule has 2 aromatic rings. The van der Waals surface area contributed by atoms with Crippen LogP contribution in [0, 0.1) is 6.92 Å². The Morgan fingerprint density at radius 1 is 1.27 bits per heavy atom. The summed E-state index contributed by atoms with van der Waals surface area (Å²) in [5, 5.41) is 0.697. The first kappa shape index (κ1) is 15.9. The number of nitrogens with zero attached hydrogens (tertiary/aromatic N) is 1. The predicted molar refractivity (Wildman–Crippen MR) is 90.4 cm³/mol. The van der Waals surface area contributed by atoms with Gasteiger partial charge in [-0.15, -0.1) is 0 Å². The third kappa shape index (κ3) is 2.67. The number of halogens is 1. The topological polar surface area (TPSA) is 70.2 Å². The van der Waals surface area contributed by atoms with Crippen LogP contribution in [0.4, 0.5) is 0 Å². The molecule has 5 nitrogen and oxygen atoms in total.